The molecule has 1 atom stereocenters. The van der Waals surface area contributed by atoms with Crippen molar-refractivity contribution >= 4 is 38.7 Å². The molecule has 0 bridgehead atoms. The SMILES string of the molecule is CC[C@@H](C)c1nc2ccc(Br)cc2c(=O)n1N=Cc1ccccc1OCc1cccc([N+](=O)[O-])c1. The number of ether oxygens (including phenoxy) is 1. The van der Waals surface area contributed by atoms with E-state index in [2.05, 4.69) is 21.0 Å². The molecule has 4 aromatic rings. The smallest absolute Gasteiger partial charge is 0.282 e. The Morgan fingerprint density at radius 1 is 1.17 bits per heavy atom. The lowest BCUT2D eigenvalue weighted by atomic mass is 10.1. The van der Waals surface area contributed by atoms with Gasteiger partial charge in [-0.15, -0.1) is 0 Å². The van der Waals surface area contributed by atoms with Crippen molar-refractivity contribution in [3.63, 3.8) is 0 Å². The zero-order chi connectivity index (χ0) is 24.9. The number of aromatic nitrogens is 2. The monoisotopic (exact) mass is 534 g/mol. The lowest BCUT2D eigenvalue weighted by Crippen LogP contribution is -2.23. The molecule has 0 amide bonds. The van der Waals surface area contributed by atoms with Crippen molar-refractivity contribution in [3.8, 4) is 5.75 Å². The number of fused-ring (bicyclic) bond motifs is 1. The van der Waals surface area contributed by atoms with E-state index in [1.54, 1.807) is 30.5 Å². The second-order valence-electron chi connectivity index (χ2n) is 8.06. The molecule has 0 aliphatic carbocycles. The van der Waals surface area contributed by atoms with Crippen molar-refractivity contribution in [2.24, 2.45) is 5.10 Å². The third kappa shape index (κ3) is 5.46. The molecule has 0 spiro atoms. The van der Waals surface area contributed by atoms with Crippen LogP contribution in [0.3, 0.4) is 0 Å². The van der Waals surface area contributed by atoms with Crippen LogP contribution in [0.25, 0.3) is 10.9 Å². The normalized spacial score (nSPS) is 12.2. The maximum absolute atomic E-state index is 13.3. The summed E-state index contributed by atoms with van der Waals surface area (Å²) in [5, 5.41) is 16.0. The highest BCUT2D eigenvalue weighted by Gasteiger charge is 2.16. The molecular formula is C26H23BrN4O4. The molecule has 0 saturated carbocycles. The van der Waals surface area contributed by atoms with Crippen LogP contribution >= 0.6 is 15.9 Å². The van der Waals surface area contributed by atoms with Crippen molar-refractivity contribution in [3.05, 3.63) is 109 Å². The van der Waals surface area contributed by atoms with Gasteiger partial charge in [-0.3, -0.25) is 14.9 Å². The van der Waals surface area contributed by atoms with Crippen molar-refractivity contribution in [1.29, 1.82) is 0 Å². The number of hydrogen-bond acceptors (Lipinski definition) is 6. The maximum Gasteiger partial charge on any atom is 0.282 e. The standard InChI is InChI=1S/C26H23BrN4O4/c1-3-17(2)25-29-23-12-11-20(27)14-22(23)26(32)30(25)28-15-19-8-4-5-10-24(19)35-16-18-7-6-9-21(13-18)31(33)34/h4-15,17H,3,16H2,1-2H3/t17-/m1/s1. The average Bonchev–Trinajstić information content (AvgIpc) is 2.87. The lowest BCUT2D eigenvalue weighted by molar-refractivity contribution is -0.384. The van der Waals surface area contributed by atoms with Crippen LogP contribution in [0.2, 0.25) is 0 Å². The first kappa shape index (κ1) is 24.3. The van der Waals surface area contributed by atoms with Crippen LogP contribution in [-0.2, 0) is 6.61 Å². The van der Waals surface area contributed by atoms with Crippen LogP contribution in [0.1, 0.15) is 43.1 Å². The Bertz CT molecular complexity index is 1480. The van der Waals surface area contributed by atoms with Gasteiger partial charge in [0.1, 0.15) is 18.2 Å². The van der Waals surface area contributed by atoms with E-state index >= 15 is 0 Å². The highest BCUT2D eigenvalue weighted by molar-refractivity contribution is 9.10. The van der Waals surface area contributed by atoms with Crippen molar-refractivity contribution in [2.45, 2.75) is 32.8 Å². The van der Waals surface area contributed by atoms with E-state index in [0.29, 0.717) is 33.6 Å². The molecule has 0 aliphatic rings. The lowest BCUT2D eigenvalue weighted by Gasteiger charge is -2.14. The van der Waals surface area contributed by atoms with Gasteiger partial charge in [0.25, 0.3) is 11.2 Å². The van der Waals surface area contributed by atoms with Crippen LogP contribution in [0.4, 0.5) is 5.69 Å². The van der Waals surface area contributed by atoms with Gasteiger partial charge in [-0.1, -0.05) is 54.0 Å². The Morgan fingerprint density at radius 2 is 1.97 bits per heavy atom. The Labute approximate surface area is 210 Å². The zero-order valence-corrected chi connectivity index (χ0v) is 20.8. The summed E-state index contributed by atoms with van der Waals surface area (Å²) in [6.07, 6.45) is 2.37. The number of benzene rings is 3. The summed E-state index contributed by atoms with van der Waals surface area (Å²) in [6.45, 7) is 4.19. The molecule has 3 aromatic carbocycles. The average molecular weight is 535 g/mol. The van der Waals surface area contributed by atoms with Crippen molar-refractivity contribution < 1.29 is 9.66 Å². The van der Waals surface area contributed by atoms with E-state index in [1.807, 2.05) is 44.2 Å². The summed E-state index contributed by atoms with van der Waals surface area (Å²) in [5.74, 6) is 1.14. The minimum atomic E-state index is -0.438. The number of para-hydroxylation sites is 1. The second kappa shape index (κ2) is 10.6. The van der Waals surface area contributed by atoms with Crippen LogP contribution < -0.4 is 10.3 Å². The quantitative estimate of drug-likeness (QED) is 0.156. The Kier molecular flexibility index (Phi) is 7.36. The number of rotatable bonds is 8. The van der Waals surface area contributed by atoms with Gasteiger partial charge < -0.3 is 4.74 Å². The highest BCUT2D eigenvalue weighted by atomic mass is 79.9. The van der Waals surface area contributed by atoms with E-state index in [-0.39, 0.29) is 23.8 Å². The van der Waals surface area contributed by atoms with Crippen molar-refractivity contribution in [1.82, 2.24) is 9.66 Å². The maximum atomic E-state index is 13.3. The first-order chi connectivity index (χ1) is 16.9. The third-order valence-electron chi connectivity index (χ3n) is 5.63. The fourth-order valence-electron chi connectivity index (χ4n) is 3.54. The molecule has 8 nitrogen and oxygen atoms in total. The Hall–Kier alpha value is -3.85. The van der Waals surface area contributed by atoms with Crippen LogP contribution in [0.15, 0.2) is 81.1 Å². The van der Waals surface area contributed by atoms with Crippen LogP contribution in [-0.4, -0.2) is 20.8 Å². The zero-order valence-electron chi connectivity index (χ0n) is 19.2. The molecule has 0 fully saturated rings. The highest BCUT2D eigenvalue weighted by Crippen LogP contribution is 2.22. The number of halogens is 1. The van der Waals surface area contributed by atoms with Gasteiger partial charge >= 0.3 is 0 Å². The van der Waals surface area contributed by atoms with Gasteiger partial charge in [-0.25, -0.2) is 4.98 Å². The van der Waals surface area contributed by atoms with E-state index < -0.39 is 4.92 Å². The molecule has 178 valence electrons. The molecule has 1 aromatic heterocycles. The summed E-state index contributed by atoms with van der Waals surface area (Å²) < 4.78 is 8.07. The fourth-order valence-corrected chi connectivity index (χ4v) is 3.90. The Morgan fingerprint density at radius 3 is 2.74 bits per heavy atom. The molecule has 1 heterocycles. The van der Waals surface area contributed by atoms with E-state index in [4.69, 9.17) is 9.72 Å². The predicted octanol–water partition coefficient (Wildman–Crippen LogP) is 6.04. The third-order valence-corrected chi connectivity index (χ3v) is 6.13. The van der Waals surface area contributed by atoms with Crippen LogP contribution in [0.5, 0.6) is 5.75 Å². The minimum absolute atomic E-state index is 0.00772. The van der Waals surface area contributed by atoms with Crippen molar-refractivity contribution in [2.75, 3.05) is 0 Å². The summed E-state index contributed by atoms with van der Waals surface area (Å²) >= 11 is 3.42. The number of nitro benzene ring substituents is 1. The topological polar surface area (TPSA) is 99.6 Å². The van der Waals surface area contributed by atoms with Gasteiger partial charge in [-0.05, 0) is 42.3 Å². The summed E-state index contributed by atoms with van der Waals surface area (Å²) in [7, 11) is 0. The van der Waals surface area contributed by atoms with E-state index in [9.17, 15) is 14.9 Å². The molecule has 0 unspecified atom stereocenters. The summed E-state index contributed by atoms with van der Waals surface area (Å²) in [4.78, 5) is 28.7. The van der Waals surface area contributed by atoms with Gasteiger partial charge in [0.05, 0.1) is 22.0 Å². The molecule has 9 heteroatoms. The van der Waals surface area contributed by atoms with Gasteiger partial charge in [0, 0.05) is 28.1 Å². The van der Waals surface area contributed by atoms with Crippen LogP contribution in [0, 0.1) is 10.1 Å². The number of nitrogens with zero attached hydrogens (tertiary/aromatic N) is 4. The van der Waals surface area contributed by atoms with Gasteiger partial charge in [-0.2, -0.15) is 9.78 Å². The first-order valence-corrected chi connectivity index (χ1v) is 11.9. The predicted molar refractivity (Wildman–Crippen MR) is 139 cm³/mol. The minimum Gasteiger partial charge on any atom is -0.488 e. The van der Waals surface area contributed by atoms with E-state index in [0.717, 1.165) is 10.9 Å². The van der Waals surface area contributed by atoms with Gasteiger partial charge in [0.15, 0.2) is 0 Å². The van der Waals surface area contributed by atoms with E-state index in [1.165, 1.54) is 16.8 Å². The first-order valence-electron chi connectivity index (χ1n) is 11.1. The molecule has 35 heavy (non-hydrogen) atoms. The number of nitro groups is 1. The molecular weight excluding hydrogens is 512 g/mol. The molecule has 0 N–H and O–H groups in total. The number of hydrogen-bond donors (Lipinski definition) is 0. The molecule has 0 saturated heterocycles. The molecule has 0 radical (unpaired) electrons. The Balaban J connectivity index is 1.68. The molecule has 4 rings (SSSR count). The fraction of sp³-hybridized carbons (Fsp3) is 0.192. The number of non-ortho nitro benzene ring substituents is 1. The largest absolute Gasteiger partial charge is 0.488 e. The van der Waals surface area contributed by atoms with Gasteiger partial charge in [0.2, 0.25) is 0 Å². The summed E-state index contributed by atoms with van der Waals surface area (Å²) in [6, 6.07) is 19.0. The molecule has 0 aliphatic heterocycles. The summed E-state index contributed by atoms with van der Waals surface area (Å²) in [5.41, 5.74) is 1.71. The second-order valence-corrected chi connectivity index (χ2v) is 8.97.